The van der Waals surface area contributed by atoms with Gasteiger partial charge in [-0.05, 0) is 38.0 Å². The standard InChI is InChI=1S/C21H26N10O/c1-3-31-16(10-13(2)29-31)26-17(32)11-30-12-25-18-19(27-21(23)28-20(18)30)24-9-8-14-4-6-15(22)7-5-14/h4-7,10,12H,3,8-9,11,22H2,1-2H3,(H,26,32)(H3,23,24,27,28). The van der Waals surface area contributed by atoms with Gasteiger partial charge < -0.3 is 26.7 Å². The van der Waals surface area contributed by atoms with Crippen LogP contribution in [0.5, 0.6) is 0 Å². The van der Waals surface area contributed by atoms with Crippen molar-refractivity contribution < 1.29 is 4.79 Å². The molecule has 0 aliphatic heterocycles. The summed E-state index contributed by atoms with van der Waals surface area (Å²) in [5, 5.41) is 10.5. The fourth-order valence-electron chi connectivity index (χ4n) is 3.43. The third kappa shape index (κ3) is 4.61. The van der Waals surface area contributed by atoms with E-state index >= 15 is 0 Å². The highest BCUT2D eigenvalue weighted by atomic mass is 16.2. The number of aryl methyl sites for hydroxylation is 2. The monoisotopic (exact) mass is 434 g/mol. The lowest BCUT2D eigenvalue weighted by Crippen LogP contribution is -2.20. The van der Waals surface area contributed by atoms with Gasteiger partial charge in [-0.3, -0.25) is 4.79 Å². The third-order valence-corrected chi connectivity index (χ3v) is 4.95. The zero-order valence-electron chi connectivity index (χ0n) is 18.0. The first-order valence-corrected chi connectivity index (χ1v) is 10.3. The number of nitrogens with one attached hydrogen (secondary N) is 2. The second-order valence-corrected chi connectivity index (χ2v) is 7.43. The first kappa shape index (κ1) is 21.1. The van der Waals surface area contributed by atoms with Gasteiger partial charge in [-0.1, -0.05) is 12.1 Å². The Morgan fingerprint density at radius 3 is 2.69 bits per heavy atom. The summed E-state index contributed by atoms with van der Waals surface area (Å²) in [6.45, 7) is 5.17. The molecule has 11 nitrogen and oxygen atoms in total. The van der Waals surface area contributed by atoms with E-state index < -0.39 is 0 Å². The zero-order chi connectivity index (χ0) is 22.7. The van der Waals surface area contributed by atoms with Crippen LogP contribution < -0.4 is 22.1 Å². The molecule has 166 valence electrons. The fourth-order valence-corrected chi connectivity index (χ4v) is 3.43. The number of fused-ring (bicyclic) bond motifs is 1. The molecule has 0 atom stereocenters. The predicted molar refractivity (Wildman–Crippen MR) is 124 cm³/mol. The second kappa shape index (κ2) is 8.92. The van der Waals surface area contributed by atoms with Crippen LogP contribution >= 0.6 is 0 Å². The summed E-state index contributed by atoms with van der Waals surface area (Å²) < 4.78 is 3.38. The number of nitrogens with zero attached hydrogens (tertiary/aromatic N) is 6. The van der Waals surface area contributed by atoms with Gasteiger partial charge in [0.2, 0.25) is 11.9 Å². The minimum atomic E-state index is -0.214. The third-order valence-electron chi connectivity index (χ3n) is 4.95. The molecule has 1 aromatic carbocycles. The van der Waals surface area contributed by atoms with Crippen LogP contribution in [-0.4, -0.2) is 41.8 Å². The molecule has 1 amide bonds. The topological polar surface area (TPSA) is 155 Å². The van der Waals surface area contributed by atoms with Gasteiger partial charge in [0.15, 0.2) is 17.0 Å². The van der Waals surface area contributed by atoms with Crippen LogP contribution in [-0.2, 0) is 24.3 Å². The zero-order valence-corrected chi connectivity index (χ0v) is 18.0. The maximum Gasteiger partial charge on any atom is 0.245 e. The number of rotatable bonds is 8. The smallest absolute Gasteiger partial charge is 0.245 e. The number of benzene rings is 1. The highest BCUT2D eigenvalue weighted by Gasteiger charge is 2.15. The lowest BCUT2D eigenvalue weighted by molar-refractivity contribution is -0.116. The van der Waals surface area contributed by atoms with E-state index in [-0.39, 0.29) is 18.4 Å². The largest absolute Gasteiger partial charge is 0.399 e. The van der Waals surface area contributed by atoms with Crippen molar-refractivity contribution in [3.05, 3.63) is 47.9 Å². The summed E-state index contributed by atoms with van der Waals surface area (Å²) in [5.74, 6) is 1.07. The van der Waals surface area contributed by atoms with Gasteiger partial charge in [0.1, 0.15) is 12.4 Å². The van der Waals surface area contributed by atoms with Crippen LogP contribution in [0.25, 0.3) is 11.2 Å². The Bertz CT molecular complexity index is 1240. The summed E-state index contributed by atoms with van der Waals surface area (Å²) in [4.78, 5) is 25.6. The molecule has 0 bridgehead atoms. The maximum absolute atomic E-state index is 12.6. The molecule has 0 unspecified atom stereocenters. The number of hydrogen-bond donors (Lipinski definition) is 4. The Labute approximate surface area is 184 Å². The number of aromatic nitrogens is 6. The Kier molecular flexibility index (Phi) is 5.88. The van der Waals surface area contributed by atoms with E-state index in [2.05, 4.69) is 30.7 Å². The average Bonchev–Trinajstić information content (AvgIpc) is 3.32. The van der Waals surface area contributed by atoms with E-state index in [1.54, 1.807) is 15.6 Å². The van der Waals surface area contributed by atoms with Gasteiger partial charge in [-0.25, -0.2) is 9.67 Å². The van der Waals surface area contributed by atoms with E-state index in [9.17, 15) is 4.79 Å². The molecule has 11 heteroatoms. The van der Waals surface area contributed by atoms with Crippen LogP contribution in [0.4, 0.5) is 23.3 Å². The van der Waals surface area contributed by atoms with Crippen molar-refractivity contribution in [1.29, 1.82) is 0 Å². The highest BCUT2D eigenvalue weighted by Crippen LogP contribution is 2.20. The Balaban J connectivity index is 1.47. The number of carbonyl (C=O) groups excluding carboxylic acids is 1. The predicted octanol–water partition coefficient (Wildman–Crippen LogP) is 1.81. The van der Waals surface area contributed by atoms with Crippen LogP contribution in [0, 0.1) is 6.92 Å². The van der Waals surface area contributed by atoms with Crippen LogP contribution in [0.15, 0.2) is 36.7 Å². The quantitative estimate of drug-likeness (QED) is 0.306. The normalized spacial score (nSPS) is 11.1. The highest BCUT2D eigenvalue weighted by molar-refractivity contribution is 5.91. The number of amides is 1. The first-order valence-electron chi connectivity index (χ1n) is 10.3. The van der Waals surface area contributed by atoms with Gasteiger partial charge in [-0.15, -0.1) is 0 Å². The van der Waals surface area contributed by atoms with E-state index in [4.69, 9.17) is 11.5 Å². The summed E-state index contributed by atoms with van der Waals surface area (Å²) in [7, 11) is 0. The van der Waals surface area contributed by atoms with E-state index in [0.717, 1.165) is 23.4 Å². The van der Waals surface area contributed by atoms with Crippen molar-refractivity contribution in [1.82, 2.24) is 29.3 Å². The molecule has 0 aliphatic carbocycles. The number of carbonyl (C=O) groups is 1. The number of nitrogen functional groups attached to an aromatic ring is 2. The second-order valence-electron chi connectivity index (χ2n) is 7.43. The number of anilines is 4. The average molecular weight is 435 g/mol. The molecule has 4 aromatic rings. The van der Waals surface area contributed by atoms with Crippen LogP contribution in [0.3, 0.4) is 0 Å². The summed E-state index contributed by atoms with van der Waals surface area (Å²) in [6.07, 6.45) is 2.34. The van der Waals surface area contributed by atoms with Crippen LogP contribution in [0.2, 0.25) is 0 Å². The molecule has 0 saturated carbocycles. The molecule has 0 fully saturated rings. The molecular weight excluding hydrogens is 408 g/mol. The van der Waals surface area contributed by atoms with E-state index in [0.29, 0.717) is 35.9 Å². The number of nitrogens with two attached hydrogens (primary N) is 2. The Morgan fingerprint density at radius 1 is 1.16 bits per heavy atom. The van der Waals surface area contributed by atoms with E-state index in [1.165, 1.54) is 0 Å². The molecule has 3 heterocycles. The molecule has 0 spiro atoms. The lowest BCUT2D eigenvalue weighted by atomic mass is 10.1. The number of hydrogen-bond acceptors (Lipinski definition) is 8. The lowest BCUT2D eigenvalue weighted by Gasteiger charge is -2.09. The molecular formula is C21H26N10O. The van der Waals surface area contributed by atoms with E-state index in [1.807, 2.05) is 44.2 Å². The summed E-state index contributed by atoms with van der Waals surface area (Å²) in [5.41, 5.74) is 15.4. The molecule has 0 saturated heterocycles. The minimum Gasteiger partial charge on any atom is -0.399 e. The van der Waals surface area contributed by atoms with Crippen molar-refractivity contribution >= 4 is 40.3 Å². The van der Waals surface area contributed by atoms with Crippen LogP contribution in [0.1, 0.15) is 18.2 Å². The molecule has 6 N–H and O–H groups in total. The SMILES string of the molecule is CCn1nc(C)cc1NC(=O)Cn1cnc2c(NCCc3ccc(N)cc3)nc(N)nc21. The fraction of sp³-hybridized carbons (Fsp3) is 0.286. The molecule has 4 rings (SSSR count). The van der Waals surface area contributed by atoms with Crippen molar-refractivity contribution in [3.8, 4) is 0 Å². The molecule has 32 heavy (non-hydrogen) atoms. The van der Waals surface area contributed by atoms with Gasteiger partial charge in [0.05, 0.1) is 12.0 Å². The van der Waals surface area contributed by atoms with Crippen molar-refractivity contribution in [2.75, 3.05) is 28.6 Å². The summed E-state index contributed by atoms with van der Waals surface area (Å²) >= 11 is 0. The van der Waals surface area contributed by atoms with Crippen molar-refractivity contribution in [2.45, 2.75) is 33.4 Å². The van der Waals surface area contributed by atoms with Gasteiger partial charge in [-0.2, -0.15) is 15.1 Å². The van der Waals surface area contributed by atoms with Gasteiger partial charge >= 0.3 is 0 Å². The first-order chi connectivity index (χ1) is 15.4. The van der Waals surface area contributed by atoms with Crippen molar-refractivity contribution in [2.24, 2.45) is 0 Å². The minimum absolute atomic E-state index is 0.0335. The molecule has 0 radical (unpaired) electrons. The molecule has 3 aromatic heterocycles. The maximum atomic E-state index is 12.6. The summed E-state index contributed by atoms with van der Waals surface area (Å²) in [6, 6.07) is 9.55. The Hall–Kier alpha value is -4.15. The van der Waals surface area contributed by atoms with Gasteiger partial charge in [0, 0.05) is 24.8 Å². The Morgan fingerprint density at radius 2 is 1.94 bits per heavy atom. The number of imidazole rings is 1. The van der Waals surface area contributed by atoms with Gasteiger partial charge in [0.25, 0.3) is 0 Å². The van der Waals surface area contributed by atoms with Crippen molar-refractivity contribution in [3.63, 3.8) is 0 Å². The molecule has 0 aliphatic rings.